The maximum atomic E-state index is 10.8. The third-order valence-corrected chi connectivity index (χ3v) is 1.79. The molecule has 1 aromatic heterocycles. The van der Waals surface area contributed by atoms with Crippen LogP contribution in [-0.4, -0.2) is 16.0 Å². The van der Waals surface area contributed by atoms with Crippen molar-refractivity contribution < 1.29 is 9.90 Å². The Kier molecular flexibility index (Phi) is 2.97. The zero-order chi connectivity index (χ0) is 9.84. The summed E-state index contributed by atoms with van der Waals surface area (Å²) in [6, 6.07) is 3.03. The highest BCUT2D eigenvalue weighted by Gasteiger charge is 2.08. The molecule has 0 bridgehead atoms. The van der Waals surface area contributed by atoms with E-state index in [9.17, 15) is 9.90 Å². The van der Waals surface area contributed by atoms with Crippen LogP contribution in [0.25, 0.3) is 0 Å². The summed E-state index contributed by atoms with van der Waals surface area (Å²) in [7, 11) is 0. The van der Waals surface area contributed by atoms with E-state index in [0.717, 1.165) is 0 Å². The Hall–Kier alpha value is -1.42. The molecule has 0 aliphatic rings. The third-order valence-electron chi connectivity index (χ3n) is 1.79. The van der Waals surface area contributed by atoms with Crippen molar-refractivity contribution in [3.05, 3.63) is 29.6 Å². The molecular weight excluding hydrogens is 168 g/mol. The van der Waals surface area contributed by atoms with Crippen LogP contribution in [0.5, 0.6) is 0 Å². The number of aliphatic hydroxyl groups excluding tert-OH is 1. The van der Waals surface area contributed by atoms with Gasteiger partial charge in [-0.05, 0) is 18.6 Å². The number of carbonyl (C=O) groups excluding carboxylic acids is 1. The summed E-state index contributed by atoms with van der Waals surface area (Å²) in [6.45, 7) is 1.84. The molecule has 4 heteroatoms. The van der Waals surface area contributed by atoms with Crippen LogP contribution >= 0.6 is 0 Å². The predicted molar refractivity (Wildman–Crippen MR) is 48.0 cm³/mol. The number of carbonyl (C=O) groups is 1. The van der Waals surface area contributed by atoms with Gasteiger partial charge in [0.2, 0.25) is 5.91 Å². The zero-order valence-corrected chi connectivity index (χ0v) is 7.40. The van der Waals surface area contributed by atoms with Gasteiger partial charge in [0.1, 0.15) is 0 Å². The second kappa shape index (κ2) is 4.00. The first-order valence-electron chi connectivity index (χ1n) is 4.09. The average Bonchev–Trinajstić information content (AvgIpc) is 2.17. The number of pyridine rings is 1. The summed E-state index contributed by atoms with van der Waals surface area (Å²) >= 11 is 0. The second-order valence-corrected chi connectivity index (χ2v) is 2.76. The minimum absolute atomic E-state index is 0.373. The fraction of sp³-hybridized carbons (Fsp3) is 0.333. The van der Waals surface area contributed by atoms with Gasteiger partial charge in [0.05, 0.1) is 11.8 Å². The maximum absolute atomic E-state index is 10.8. The van der Waals surface area contributed by atoms with Gasteiger partial charge in [-0.2, -0.15) is 0 Å². The molecule has 70 valence electrons. The van der Waals surface area contributed by atoms with Crippen LogP contribution in [0.4, 0.5) is 0 Å². The number of aliphatic hydroxyl groups is 1. The molecule has 1 aromatic rings. The lowest BCUT2D eigenvalue weighted by molar-refractivity contribution is 0.0999. The van der Waals surface area contributed by atoms with Crippen molar-refractivity contribution in [3.63, 3.8) is 0 Å². The van der Waals surface area contributed by atoms with E-state index >= 15 is 0 Å². The molecule has 3 N–H and O–H groups in total. The van der Waals surface area contributed by atoms with Crippen molar-refractivity contribution in [2.45, 2.75) is 19.4 Å². The highest BCUT2D eigenvalue weighted by Crippen LogP contribution is 2.13. The Bertz CT molecular complexity index is 312. The number of aromatic nitrogens is 1. The molecule has 0 spiro atoms. The van der Waals surface area contributed by atoms with E-state index < -0.39 is 12.0 Å². The van der Waals surface area contributed by atoms with Gasteiger partial charge in [-0.1, -0.05) is 6.92 Å². The molecule has 1 heterocycles. The van der Waals surface area contributed by atoms with Crippen molar-refractivity contribution in [1.82, 2.24) is 4.98 Å². The number of rotatable bonds is 3. The predicted octanol–water partition coefficient (Wildman–Crippen LogP) is 0.624. The van der Waals surface area contributed by atoms with Gasteiger partial charge in [0.15, 0.2) is 0 Å². The summed E-state index contributed by atoms with van der Waals surface area (Å²) in [5.41, 5.74) is 5.93. The molecule has 4 nitrogen and oxygen atoms in total. The number of nitrogens with zero attached hydrogens (tertiary/aromatic N) is 1. The van der Waals surface area contributed by atoms with Crippen molar-refractivity contribution in [2.24, 2.45) is 5.73 Å². The molecule has 1 unspecified atom stereocenters. The third kappa shape index (κ3) is 2.26. The topological polar surface area (TPSA) is 76.2 Å². The molecule has 0 saturated heterocycles. The molecule has 0 aliphatic carbocycles. The monoisotopic (exact) mass is 180 g/mol. The maximum Gasteiger partial charge on any atom is 0.248 e. The quantitative estimate of drug-likeness (QED) is 0.716. The van der Waals surface area contributed by atoms with Gasteiger partial charge in [0, 0.05) is 11.8 Å². The van der Waals surface area contributed by atoms with Gasteiger partial charge in [-0.15, -0.1) is 0 Å². The zero-order valence-electron chi connectivity index (χ0n) is 7.40. The van der Waals surface area contributed by atoms with E-state index in [1.54, 1.807) is 0 Å². The molecule has 0 aromatic carbocycles. The van der Waals surface area contributed by atoms with Crippen LogP contribution in [0.3, 0.4) is 0 Å². The van der Waals surface area contributed by atoms with E-state index in [4.69, 9.17) is 5.73 Å². The van der Waals surface area contributed by atoms with Crippen molar-refractivity contribution in [1.29, 1.82) is 0 Å². The lowest BCUT2D eigenvalue weighted by Gasteiger charge is -2.06. The van der Waals surface area contributed by atoms with E-state index in [0.29, 0.717) is 17.7 Å². The van der Waals surface area contributed by atoms with Crippen molar-refractivity contribution >= 4 is 5.91 Å². The highest BCUT2D eigenvalue weighted by molar-refractivity contribution is 5.92. The smallest absolute Gasteiger partial charge is 0.248 e. The van der Waals surface area contributed by atoms with E-state index in [1.807, 2.05) is 6.92 Å². The minimum atomic E-state index is -0.626. The number of primary amides is 1. The Labute approximate surface area is 76.4 Å². The molecule has 1 rings (SSSR count). The van der Waals surface area contributed by atoms with Crippen LogP contribution in [0.15, 0.2) is 18.3 Å². The van der Waals surface area contributed by atoms with Crippen LogP contribution in [0, 0.1) is 0 Å². The van der Waals surface area contributed by atoms with E-state index in [-0.39, 0.29) is 0 Å². The average molecular weight is 180 g/mol. The molecule has 1 amide bonds. The summed E-state index contributed by atoms with van der Waals surface area (Å²) in [6.07, 6.45) is 1.41. The molecule has 0 radical (unpaired) electrons. The highest BCUT2D eigenvalue weighted by atomic mass is 16.3. The number of amides is 1. The first-order valence-corrected chi connectivity index (χ1v) is 4.09. The normalized spacial score (nSPS) is 12.5. The Balaban J connectivity index is 2.98. The molecule has 0 saturated carbocycles. The molecule has 0 fully saturated rings. The summed E-state index contributed by atoms with van der Waals surface area (Å²) in [4.78, 5) is 14.7. The van der Waals surface area contributed by atoms with Crippen LogP contribution < -0.4 is 5.73 Å². The Morgan fingerprint density at radius 2 is 2.46 bits per heavy atom. The fourth-order valence-electron chi connectivity index (χ4n) is 0.993. The Morgan fingerprint density at radius 1 is 1.77 bits per heavy atom. The van der Waals surface area contributed by atoms with Gasteiger partial charge >= 0.3 is 0 Å². The largest absolute Gasteiger partial charge is 0.387 e. The van der Waals surface area contributed by atoms with Gasteiger partial charge in [-0.25, -0.2) is 0 Å². The van der Waals surface area contributed by atoms with Crippen LogP contribution in [0.2, 0.25) is 0 Å². The molecule has 13 heavy (non-hydrogen) atoms. The SMILES string of the molecule is CCC(O)c1cc(C(N)=O)ccn1. The summed E-state index contributed by atoms with van der Waals surface area (Å²) < 4.78 is 0. The lowest BCUT2D eigenvalue weighted by atomic mass is 10.1. The van der Waals surface area contributed by atoms with E-state index in [2.05, 4.69) is 4.98 Å². The van der Waals surface area contributed by atoms with Crippen molar-refractivity contribution in [2.75, 3.05) is 0 Å². The van der Waals surface area contributed by atoms with Crippen molar-refractivity contribution in [3.8, 4) is 0 Å². The number of hydrogen-bond donors (Lipinski definition) is 2. The van der Waals surface area contributed by atoms with Crippen LogP contribution in [-0.2, 0) is 0 Å². The second-order valence-electron chi connectivity index (χ2n) is 2.76. The van der Waals surface area contributed by atoms with Gasteiger partial charge < -0.3 is 10.8 Å². The standard InChI is InChI=1S/C9H12N2O2/c1-2-8(12)7-5-6(9(10)13)3-4-11-7/h3-5,8,12H,2H2,1H3,(H2,10,13). The Morgan fingerprint density at radius 3 is 3.00 bits per heavy atom. The first kappa shape index (κ1) is 9.67. The number of nitrogens with two attached hydrogens (primary N) is 1. The molecule has 1 atom stereocenters. The summed E-state index contributed by atoms with van der Waals surface area (Å²) in [5.74, 6) is -0.507. The first-order chi connectivity index (χ1) is 6.15. The van der Waals surface area contributed by atoms with Gasteiger partial charge in [-0.3, -0.25) is 9.78 Å². The van der Waals surface area contributed by atoms with E-state index in [1.165, 1.54) is 18.3 Å². The number of hydrogen-bond acceptors (Lipinski definition) is 3. The fourth-order valence-corrected chi connectivity index (χ4v) is 0.993. The molecule has 0 aliphatic heterocycles. The van der Waals surface area contributed by atoms with Gasteiger partial charge in [0.25, 0.3) is 0 Å². The molecular formula is C9H12N2O2. The van der Waals surface area contributed by atoms with Crippen LogP contribution in [0.1, 0.15) is 35.5 Å². The summed E-state index contributed by atoms with van der Waals surface area (Å²) in [5, 5.41) is 9.42. The minimum Gasteiger partial charge on any atom is -0.387 e. The lowest BCUT2D eigenvalue weighted by Crippen LogP contribution is -2.12.